The number of para-hydroxylation sites is 1. The van der Waals surface area contributed by atoms with Crippen LogP contribution >= 0.6 is 0 Å². The molecule has 0 aromatic heterocycles. The molecule has 2 aromatic carbocycles. The van der Waals surface area contributed by atoms with Crippen LogP contribution in [0.5, 0.6) is 5.75 Å². The minimum absolute atomic E-state index is 0.146. The molecule has 1 spiro atoms. The van der Waals surface area contributed by atoms with Gasteiger partial charge in [-0.15, -0.1) is 0 Å². The van der Waals surface area contributed by atoms with Crippen LogP contribution in [0.25, 0.3) is 0 Å². The number of urea groups is 1. The number of aryl methyl sites for hydroxylation is 1. The summed E-state index contributed by atoms with van der Waals surface area (Å²) in [4.78, 5) is 56.7. The monoisotopic (exact) mass is 476 g/mol. The van der Waals surface area contributed by atoms with E-state index in [1.54, 1.807) is 28.0 Å². The summed E-state index contributed by atoms with van der Waals surface area (Å²) >= 11 is 0. The first-order chi connectivity index (χ1) is 16.9. The Morgan fingerprint density at radius 3 is 2.51 bits per heavy atom. The second-order valence-corrected chi connectivity index (χ2v) is 9.11. The highest BCUT2D eigenvalue weighted by atomic mass is 16.5. The first kappa shape index (κ1) is 22.9. The molecule has 182 valence electrons. The fourth-order valence-electron chi connectivity index (χ4n) is 5.33. The van der Waals surface area contributed by atoms with E-state index in [0.29, 0.717) is 56.8 Å². The Labute approximate surface area is 203 Å². The Morgan fingerprint density at radius 2 is 1.69 bits per heavy atom. The van der Waals surface area contributed by atoms with Crippen LogP contribution in [0.1, 0.15) is 34.3 Å². The molecule has 2 heterocycles. The first-order valence-corrected chi connectivity index (χ1v) is 11.9. The van der Waals surface area contributed by atoms with E-state index in [4.69, 9.17) is 4.74 Å². The third-order valence-electron chi connectivity index (χ3n) is 7.19. The highest BCUT2D eigenvalue weighted by Gasteiger charge is 2.55. The van der Waals surface area contributed by atoms with Crippen molar-refractivity contribution in [3.63, 3.8) is 0 Å². The molecular weight excluding hydrogens is 448 g/mol. The van der Waals surface area contributed by atoms with Crippen LogP contribution in [0.3, 0.4) is 0 Å². The molecule has 2 fully saturated rings. The summed E-state index contributed by atoms with van der Waals surface area (Å²) in [5.41, 5.74) is 1.26. The number of imide groups is 1. The zero-order valence-electron chi connectivity index (χ0n) is 19.7. The SMILES string of the molecule is COc1ccccc1C(=O)N1CCCN(C(=O)CN2C(=O)NC3(CCc4ccccc43)C2=O)CC1. The summed E-state index contributed by atoms with van der Waals surface area (Å²) in [7, 11) is 1.53. The lowest BCUT2D eigenvalue weighted by molar-refractivity contribution is -0.139. The van der Waals surface area contributed by atoms with Crippen LogP contribution in [-0.2, 0) is 21.5 Å². The van der Waals surface area contributed by atoms with Gasteiger partial charge in [-0.25, -0.2) is 4.79 Å². The third kappa shape index (κ3) is 3.90. The molecule has 2 aliphatic heterocycles. The lowest BCUT2D eigenvalue weighted by Crippen LogP contribution is -2.46. The van der Waals surface area contributed by atoms with Gasteiger partial charge in [0.1, 0.15) is 17.8 Å². The molecule has 1 N–H and O–H groups in total. The topological polar surface area (TPSA) is 99.3 Å². The predicted octanol–water partition coefficient (Wildman–Crippen LogP) is 1.76. The normalized spacial score (nSPS) is 21.7. The summed E-state index contributed by atoms with van der Waals surface area (Å²) in [6.07, 6.45) is 1.79. The lowest BCUT2D eigenvalue weighted by atomic mass is 9.92. The first-order valence-electron chi connectivity index (χ1n) is 11.9. The van der Waals surface area contributed by atoms with Crippen LogP contribution < -0.4 is 10.1 Å². The lowest BCUT2D eigenvalue weighted by Gasteiger charge is -2.25. The van der Waals surface area contributed by atoms with E-state index in [1.165, 1.54) is 7.11 Å². The second-order valence-electron chi connectivity index (χ2n) is 9.11. The zero-order valence-corrected chi connectivity index (χ0v) is 19.7. The molecule has 9 nitrogen and oxygen atoms in total. The average molecular weight is 477 g/mol. The Kier molecular flexibility index (Phi) is 5.92. The number of ether oxygens (including phenoxy) is 1. The van der Waals surface area contributed by atoms with E-state index in [-0.39, 0.29) is 24.3 Å². The van der Waals surface area contributed by atoms with Gasteiger partial charge in [-0.3, -0.25) is 19.3 Å². The van der Waals surface area contributed by atoms with Crippen molar-refractivity contribution in [1.29, 1.82) is 0 Å². The molecule has 3 aliphatic rings. The summed E-state index contributed by atoms with van der Waals surface area (Å²) < 4.78 is 5.32. The Bertz CT molecular complexity index is 1200. The zero-order chi connectivity index (χ0) is 24.6. The van der Waals surface area contributed by atoms with E-state index >= 15 is 0 Å². The van der Waals surface area contributed by atoms with Crippen LogP contribution in [0.2, 0.25) is 0 Å². The summed E-state index contributed by atoms with van der Waals surface area (Å²) in [6, 6.07) is 14.1. The molecule has 1 atom stereocenters. The van der Waals surface area contributed by atoms with E-state index in [1.807, 2.05) is 30.3 Å². The van der Waals surface area contributed by atoms with Crippen molar-refractivity contribution in [3.05, 3.63) is 65.2 Å². The minimum atomic E-state index is -1.08. The van der Waals surface area contributed by atoms with Gasteiger partial charge in [0, 0.05) is 26.2 Å². The van der Waals surface area contributed by atoms with Crippen molar-refractivity contribution in [3.8, 4) is 5.75 Å². The summed E-state index contributed by atoms with van der Waals surface area (Å²) in [5.74, 6) is -0.310. The molecular formula is C26H28N4O5. The van der Waals surface area contributed by atoms with E-state index in [0.717, 1.165) is 16.0 Å². The maximum Gasteiger partial charge on any atom is 0.325 e. The Balaban J connectivity index is 1.24. The van der Waals surface area contributed by atoms with Gasteiger partial charge < -0.3 is 19.9 Å². The van der Waals surface area contributed by atoms with Gasteiger partial charge in [0.25, 0.3) is 11.8 Å². The van der Waals surface area contributed by atoms with Crippen molar-refractivity contribution in [1.82, 2.24) is 20.0 Å². The standard InChI is InChI=1S/C26H28N4O5/c1-35-21-10-5-3-8-19(21)23(32)29-14-6-13-28(15-16-29)22(31)17-30-24(33)26(27-25(30)34)12-11-18-7-2-4-9-20(18)26/h2-5,7-10H,6,11-17H2,1H3,(H,27,34). The Morgan fingerprint density at radius 1 is 0.971 bits per heavy atom. The number of benzene rings is 2. The minimum Gasteiger partial charge on any atom is -0.496 e. The summed E-state index contributed by atoms with van der Waals surface area (Å²) in [6.45, 7) is 1.34. The molecule has 1 aliphatic carbocycles. The molecule has 2 aromatic rings. The molecule has 0 saturated carbocycles. The van der Waals surface area contributed by atoms with Crippen molar-refractivity contribution >= 4 is 23.8 Å². The van der Waals surface area contributed by atoms with E-state index in [2.05, 4.69) is 5.32 Å². The number of nitrogens with zero attached hydrogens (tertiary/aromatic N) is 3. The van der Waals surface area contributed by atoms with Crippen molar-refractivity contribution in [2.45, 2.75) is 24.8 Å². The number of carbonyl (C=O) groups excluding carboxylic acids is 4. The van der Waals surface area contributed by atoms with Gasteiger partial charge >= 0.3 is 6.03 Å². The average Bonchev–Trinajstić information content (AvgIpc) is 3.22. The largest absolute Gasteiger partial charge is 0.496 e. The van der Waals surface area contributed by atoms with Crippen molar-refractivity contribution in [2.75, 3.05) is 39.8 Å². The molecule has 9 heteroatoms. The highest BCUT2D eigenvalue weighted by Crippen LogP contribution is 2.41. The smallest absolute Gasteiger partial charge is 0.325 e. The number of rotatable bonds is 4. The quantitative estimate of drug-likeness (QED) is 0.678. The Hall–Kier alpha value is -3.88. The summed E-state index contributed by atoms with van der Waals surface area (Å²) in [5, 5.41) is 2.86. The maximum absolute atomic E-state index is 13.4. The van der Waals surface area contributed by atoms with Gasteiger partial charge in [-0.05, 0) is 42.5 Å². The number of hydrogen-bond acceptors (Lipinski definition) is 5. The van der Waals surface area contributed by atoms with Gasteiger partial charge in [-0.1, -0.05) is 36.4 Å². The number of amides is 5. The van der Waals surface area contributed by atoms with E-state index in [9.17, 15) is 19.2 Å². The van der Waals surface area contributed by atoms with Gasteiger partial charge in [0.05, 0.1) is 12.7 Å². The molecule has 5 rings (SSSR count). The predicted molar refractivity (Wildman–Crippen MR) is 127 cm³/mol. The van der Waals surface area contributed by atoms with Crippen molar-refractivity contribution in [2.24, 2.45) is 0 Å². The number of nitrogens with one attached hydrogen (secondary N) is 1. The molecule has 5 amide bonds. The number of carbonyl (C=O) groups is 4. The van der Waals surface area contributed by atoms with Gasteiger partial charge in [0.15, 0.2) is 0 Å². The molecule has 35 heavy (non-hydrogen) atoms. The molecule has 0 radical (unpaired) electrons. The van der Waals surface area contributed by atoms with Crippen molar-refractivity contribution < 1.29 is 23.9 Å². The van der Waals surface area contributed by atoms with Gasteiger partial charge in [-0.2, -0.15) is 0 Å². The molecule has 0 bridgehead atoms. The number of methoxy groups -OCH3 is 1. The van der Waals surface area contributed by atoms with Crippen LogP contribution in [0.4, 0.5) is 4.79 Å². The number of fused-ring (bicyclic) bond motifs is 2. The van der Waals surface area contributed by atoms with Crippen LogP contribution in [0, 0.1) is 0 Å². The maximum atomic E-state index is 13.4. The molecule has 1 unspecified atom stereocenters. The fraction of sp³-hybridized carbons (Fsp3) is 0.385. The van der Waals surface area contributed by atoms with E-state index < -0.39 is 11.6 Å². The number of hydrogen-bond donors (Lipinski definition) is 1. The fourth-order valence-corrected chi connectivity index (χ4v) is 5.33. The third-order valence-corrected chi connectivity index (χ3v) is 7.19. The molecule has 2 saturated heterocycles. The van der Waals surface area contributed by atoms with Crippen LogP contribution in [0.15, 0.2) is 48.5 Å². The highest BCUT2D eigenvalue weighted by molar-refractivity contribution is 6.10. The van der Waals surface area contributed by atoms with Crippen LogP contribution in [-0.4, -0.2) is 78.3 Å². The van der Waals surface area contributed by atoms with Gasteiger partial charge in [0.2, 0.25) is 5.91 Å². The second kappa shape index (κ2) is 9.05.